The number of nitrogens with zero attached hydrogens (tertiary/aromatic N) is 2. The lowest BCUT2D eigenvalue weighted by Crippen LogP contribution is -2.34. The lowest BCUT2D eigenvalue weighted by atomic mass is 10.0. The van der Waals surface area contributed by atoms with Crippen molar-refractivity contribution in [2.45, 2.75) is 48.0 Å². The molecule has 0 aliphatic rings. The summed E-state index contributed by atoms with van der Waals surface area (Å²) in [6.45, 7) is 17.1. The lowest BCUT2D eigenvalue weighted by Gasteiger charge is -2.26. The third kappa shape index (κ3) is 6.88. The highest BCUT2D eigenvalue weighted by molar-refractivity contribution is 6.07. The van der Waals surface area contributed by atoms with E-state index in [4.69, 9.17) is 4.98 Å². The topological polar surface area (TPSA) is 45.2 Å². The fourth-order valence-electron chi connectivity index (χ4n) is 4.30. The molecule has 1 heterocycles. The molecule has 0 atom stereocenters. The third-order valence-corrected chi connectivity index (χ3v) is 5.95. The van der Waals surface area contributed by atoms with Gasteiger partial charge in [-0.15, -0.1) is 0 Å². The van der Waals surface area contributed by atoms with Crippen molar-refractivity contribution in [3.8, 4) is 11.3 Å². The van der Waals surface area contributed by atoms with Gasteiger partial charge >= 0.3 is 0 Å². The highest BCUT2D eigenvalue weighted by Crippen LogP contribution is 2.26. The minimum Gasteiger partial charge on any atom is -0.352 e. The quantitative estimate of drug-likeness (QED) is 0.375. The van der Waals surface area contributed by atoms with Gasteiger partial charge in [0.1, 0.15) is 0 Å². The van der Waals surface area contributed by atoms with Crippen LogP contribution in [0.25, 0.3) is 22.2 Å². The first kappa shape index (κ1) is 24.9. The van der Waals surface area contributed by atoms with Crippen LogP contribution in [0.5, 0.6) is 0 Å². The number of para-hydroxylation sites is 1. The van der Waals surface area contributed by atoms with E-state index in [0.29, 0.717) is 23.9 Å². The third-order valence-electron chi connectivity index (χ3n) is 5.95. The molecule has 1 N–H and O–H groups in total. The summed E-state index contributed by atoms with van der Waals surface area (Å²) in [4.78, 5) is 20.6. The summed E-state index contributed by atoms with van der Waals surface area (Å²) in [6, 6.07) is 16.2. The maximum atomic E-state index is 13.2. The summed E-state index contributed by atoms with van der Waals surface area (Å²) in [7, 11) is 0. The molecule has 176 valence electrons. The number of benzene rings is 2. The van der Waals surface area contributed by atoms with Crippen LogP contribution in [-0.2, 0) is 0 Å². The number of fused-ring (bicyclic) bond motifs is 1. The molecule has 4 nitrogen and oxygen atoms in total. The summed E-state index contributed by atoms with van der Waals surface area (Å²) >= 11 is 0. The summed E-state index contributed by atoms with van der Waals surface area (Å²) in [6.07, 6.45) is 0.943. The van der Waals surface area contributed by atoms with Gasteiger partial charge in [-0.05, 0) is 68.0 Å². The first-order valence-corrected chi connectivity index (χ1v) is 12.2. The van der Waals surface area contributed by atoms with Gasteiger partial charge in [-0.1, -0.05) is 58.0 Å². The highest BCUT2D eigenvalue weighted by atomic mass is 16.1. The van der Waals surface area contributed by atoms with Crippen LogP contribution in [-0.4, -0.2) is 42.0 Å². The van der Waals surface area contributed by atoms with Gasteiger partial charge in [0.2, 0.25) is 0 Å². The fraction of sp³-hybridized carbons (Fsp3) is 0.448. The van der Waals surface area contributed by atoms with E-state index in [0.717, 1.165) is 48.2 Å². The van der Waals surface area contributed by atoms with Crippen molar-refractivity contribution >= 4 is 16.8 Å². The zero-order valence-corrected chi connectivity index (χ0v) is 21.1. The Morgan fingerprint density at radius 2 is 1.64 bits per heavy atom. The monoisotopic (exact) mass is 445 g/mol. The molecular formula is C29H39N3O. The molecule has 0 bridgehead atoms. The van der Waals surface area contributed by atoms with Gasteiger partial charge in [-0.25, -0.2) is 4.98 Å². The maximum Gasteiger partial charge on any atom is 0.252 e. The fourth-order valence-corrected chi connectivity index (χ4v) is 4.30. The molecule has 0 unspecified atom stereocenters. The number of carbonyl (C=O) groups excluding carboxylic acids is 1. The van der Waals surface area contributed by atoms with Crippen LogP contribution in [0.2, 0.25) is 0 Å². The largest absolute Gasteiger partial charge is 0.352 e. The van der Waals surface area contributed by atoms with Crippen LogP contribution >= 0.6 is 0 Å². The second-order valence-electron chi connectivity index (χ2n) is 10.0. The zero-order chi connectivity index (χ0) is 24.0. The summed E-state index contributed by atoms with van der Waals surface area (Å²) < 4.78 is 0. The smallest absolute Gasteiger partial charge is 0.252 e. The predicted molar refractivity (Wildman–Crippen MR) is 140 cm³/mol. The molecule has 0 fully saturated rings. The molecule has 1 aromatic heterocycles. The van der Waals surface area contributed by atoms with Crippen LogP contribution in [0, 0.1) is 25.7 Å². The number of amides is 1. The van der Waals surface area contributed by atoms with Gasteiger partial charge in [0.25, 0.3) is 5.91 Å². The first-order valence-electron chi connectivity index (χ1n) is 12.2. The molecule has 0 aliphatic carbocycles. The molecule has 2 aromatic carbocycles. The molecular weight excluding hydrogens is 406 g/mol. The van der Waals surface area contributed by atoms with Gasteiger partial charge < -0.3 is 10.2 Å². The van der Waals surface area contributed by atoms with Gasteiger partial charge in [0.15, 0.2) is 0 Å². The van der Waals surface area contributed by atoms with E-state index in [9.17, 15) is 4.79 Å². The average Bonchev–Trinajstić information content (AvgIpc) is 2.76. The van der Waals surface area contributed by atoms with E-state index in [2.05, 4.69) is 70.0 Å². The van der Waals surface area contributed by atoms with E-state index in [1.54, 1.807) is 0 Å². The summed E-state index contributed by atoms with van der Waals surface area (Å²) in [5.74, 6) is 1.26. The number of pyridine rings is 1. The Morgan fingerprint density at radius 3 is 2.30 bits per heavy atom. The van der Waals surface area contributed by atoms with Crippen molar-refractivity contribution in [2.24, 2.45) is 11.8 Å². The van der Waals surface area contributed by atoms with Gasteiger partial charge in [-0.3, -0.25) is 4.79 Å². The Hall–Kier alpha value is -2.72. The Morgan fingerprint density at radius 1 is 0.939 bits per heavy atom. The predicted octanol–water partition coefficient (Wildman–Crippen LogP) is 6.25. The molecule has 33 heavy (non-hydrogen) atoms. The number of hydrogen-bond donors (Lipinski definition) is 1. The average molecular weight is 446 g/mol. The Labute approximate surface area is 199 Å². The second kappa shape index (κ2) is 11.4. The number of nitrogens with one attached hydrogen (secondary N) is 1. The van der Waals surface area contributed by atoms with Gasteiger partial charge in [-0.2, -0.15) is 0 Å². The molecule has 1 amide bonds. The normalized spacial score (nSPS) is 11.7. The maximum absolute atomic E-state index is 13.2. The molecule has 4 heteroatoms. The first-order chi connectivity index (χ1) is 15.7. The number of carbonyl (C=O) groups is 1. The van der Waals surface area contributed by atoms with Crippen molar-refractivity contribution in [3.63, 3.8) is 0 Å². The van der Waals surface area contributed by atoms with Crippen molar-refractivity contribution in [1.29, 1.82) is 0 Å². The van der Waals surface area contributed by atoms with Gasteiger partial charge in [0.05, 0.1) is 16.8 Å². The van der Waals surface area contributed by atoms with Crippen LogP contribution in [0.4, 0.5) is 0 Å². The highest BCUT2D eigenvalue weighted by Gasteiger charge is 2.15. The zero-order valence-electron chi connectivity index (χ0n) is 21.1. The van der Waals surface area contributed by atoms with Gasteiger partial charge in [0, 0.05) is 30.6 Å². The van der Waals surface area contributed by atoms with Crippen molar-refractivity contribution in [1.82, 2.24) is 15.2 Å². The standard InChI is InChI=1S/C29H39N3O/c1-20(2)18-32(19-21(3)4)15-9-14-30-29(33)26-17-28(24-13-12-22(5)23(6)16-24)31-27-11-8-7-10-25(26)27/h7-8,10-13,16-17,20-21H,9,14-15,18-19H2,1-6H3,(H,30,33). The molecule has 0 saturated heterocycles. The van der Waals surface area contributed by atoms with Crippen LogP contribution in [0.3, 0.4) is 0 Å². The summed E-state index contributed by atoms with van der Waals surface area (Å²) in [5, 5.41) is 4.05. The van der Waals surface area contributed by atoms with E-state index >= 15 is 0 Å². The van der Waals surface area contributed by atoms with Crippen LogP contribution < -0.4 is 5.32 Å². The van der Waals surface area contributed by atoms with Crippen LogP contribution in [0.15, 0.2) is 48.5 Å². The minimum absolute atomic E-state index is 0.0297. The number of aromatic nitrogens is 1. The minimum atomic E-state index is -0.0297. The molecule has 0 spiro atoms. The molecule has 0 saturated carbocycles. The Kier molecular flexibility index (Phi) is 8.62. The molecule has 3 rings (SSSR count). The number of aryl methyl sites for hydroxylation is 2. The van der Waals surface area contributed by atoms with E-state index in [1.807, 2.05) is 30.3 Å². The molecule has 0 radical (unpaired) electrons. The lowest BCUT2D eigenvalue weighted by molar-refractivity contribution is 0.0952. The molecule has 3 aromatic rings. The Bertz CT molecular complexity index is 1080. The Balaban J connectivity index is 1.75. The van der Waals surface area contributed by atoms with Crippen LogP contribution in [0.1, 0.15) is 55.6 Å². The molecule has 0 aliphatic heterocycles. The van der Waals surface area contributed by atoms with Crippen molar-refractivity contribution < 1.29 is 4.79 Å². The van der Waals surface area contributed by atoms with E-state index in [-0.39, 0.29) is 5.91 Å². The number of rotatable bonds is 10. The number of hydrogen-bond acceptors (Lipinski definition) is 3. The SMILES string of the molecule is Cc1ccc(-c2cc(C(=O)NCCCN(CC(C)C)CC(C)C)c3ccccc3n2)cc1C. The second-order valence-corrected chi connectivity index (χ2v) is 10.0. The van der Waals surface area contributed by atoms with E-state index < -0.39 is 0 Å². The van der Waals surface area contributed by atoms with E-state index in [1.165, 1.54) is 11.1 Å². The van der Waals surface area contributed by atoms with Crippen molar-refractivity contribution in [2.75, 3.05) is 26.2 Å². The summed E-state index contributed by atoms with van der Waals surface area (Å²) in [5.41, 5.74) is 5.88. The van der Waals surface area contributed by atoms with Crippen molar-refractivity contribution in [3.05, 3.63) is 65.2 Å².